The zero-order chi connectivity index (χ0) is 84.2. The highest BCUT2D eigenvalue weighted by Crippen LogP contribution is 1.94. The average Bonchev–Trinajstić information content (AvgIpc) is 3.63. The largest absolute Gasteiger partial charge is 0.106 e. The van der Waals surface area contributed by atoms with E-state index in [1.165, 1.54) is 12.8 Å². The Hall–Kier alpha value is -20.7. The van der Waals surface area contributed by atoms with Crippen molar-refractivity contribution in [3.8, 4) is 559 Å². The maximum atomic E-state index is 4.91. The number of hydrogen-bond acceptors (Lipinski definition) is 0. The lowest BCUT2D eigenvalue weighted by Crippen LogP contribution is -1.77. The van der Waals surface area contributed by atoms with E-state index >= 15 is 0 Å². The molecule has 0 spiro atoms. The number of terminal acetylenes is 4. The molecular weight excluding hydrogens is 1350 g/mol. The van der Waals surface area contributed by atoms with Crippen LogP contribution in [0.25, 0.3) is 0 Å². The predicted molar refractivity (Wildman–Crippen MR) is 465 cm³/mol. The molecule has 0 rings (SSSR count). The molecular formula is C112H52. The topological polar surface area (TPSA) is 0 Å². The first-order chi connectivity index (χ1) is 55.1. The van der Waals surface area contributed by atoms with Crippen LogP contribution in [0.5, 0.6) is 0 Å². The van der Waals surface area contributed by atoms with E-state index in [0.717, 1.165) is 11.8 Å². The molecule has 112 heavy (non-hydrogen) atoms. The Morgan fingerprint density at radius 1 is 0.152 bits per heavy atom. The standard InChI is InChI=1S/C26H2.C25H4.C24H6.C23H4.C5H12.C4H10.C3H8.C2H6/c1-3-5-7-9-11-13-15-17-19-21-23-25-26-24-22-20-18-16-14-12-10-8-6-4-2;1-3-5-7-9-11-13-15-17-19-21-23-25-24-22-20-18-16-14-12-10-8-6-4-2;1-3-5-7-9-11-13-15-17-19-21-23-24-22-20-18-16-14-12-10-8-6-4-2;1-3-5-7-9-11-13-15-17-19-21-23-22-20-18-16-14-12-10-8-6-4-2;1-4-5(2)3;1-4(2)3;1-3-2;1-2/h1-2H;1H,2H3;1-2H3;1H,2H3;5H,4H2,1-3H3;4H,1-3H3;3H2,1-2H3;1-2H3. The van der Waals surface area contributed by atoms with Crippen LogP contribution in [0.1, 0.15) is 110 Å². The fourth-order valence-electron chi connectivity index (χ4n) is 2.71. The summed E-state index contributed by atoms with van der Waals surface area (Å²) in [5.74, 6) is 224. The SMILES string of the molecule is C#CC#CC#CC#CC#CC#CC#CC#CC#CC#CC#CC.C#CC#CC#CC#CC#CC#CC#CC#CC#CC#CC#CC#CC.C#CC#CC#CC#CC#CC#CC#CC#CC#CC#CC#CC#CC#C.CC.CC#CC#CC#CC#CC#CC#CC#CC#CC#CC#CC#CC.CC(C)C.CCC.CCC(C)C. The Morgan fingerprint density at radius 3 is 0.250 bits per heavy atom. The molecule has 0 heterocycles. The molecule has 0 aromatic carbocycles. The normalized spacial score (nSPS) is 4.32. The lowest BCUT2D eigenvalue weighted by molar-refractivity contribution is 0.626. The number of rotatable bonds is 1. The maximum Gasteiger partial charge on any atom is 0 e. The third kappa shape index (κ3) is 154. The Balaban J connectivity index is -0.000000202. The Bertz CT molecular complexity index is 6440. The zero-order valence-electron chi connectivity index (χ0n) is 63.9. The van der Waals surface area contributed by atoms with Gasteiger partial charge in [0.05, 0.1) is 0 Å². The van der Waals surface area contributed by atoms with Crippen LogP contribution in [-0.4, -0.2) is 0 Å². The molecule has 0 bridgehead atoms. The van der Waals surface area contributed by atoms with Gasteiger partial charge in [-0.25, -0.2) is 0 Å². The van der Waals surface area contributed by atoms with Gasteiger partial charge in [-0.3, -0.25) is 0 Å². The van der Waals surface area contributed by atoms with Gasteiger partial charge in [0.25, 0.3) is 0 Å². The first-order valence-electron chi connectivity index (χ1n) is 31.1. The molecule has 500 valence electrons. The van der Waals surface area contributed by atoms with Gasteiger partial charge in [-0.05, 0) is 418 Å². The molecule has 0 aliphatic carbocycles. The summed E-state index contributed by atoms with van der Waals surface area (Å²) in [4.78, 5) is 0. The molecule has 0 saturated carbocycles. The Labute approximate surface area is 675 Å². The summed E-state index contributed by atoms with van der Waals surface area (Å²) < 4.78 is 0. The summed E-state index contributed by atoms with van der Waals surface area (Å²) in [7, 11) is 0. The van der Waals surface area contributed by atoms with Crippen LogP contribution >= 0.6 is 0 Å². The molecule has 0 aliphatic rings. The van der Waals surface area contributed by atoms with Crippen molar-refractivity contribution < 1.29 is 0 Å². The molecule has 0 atom stereocenters. The van der Waals surface area contributed by atoms with Crippen LogP contribution in [0.2, 0.25) is 0 Å². The first kappa shape index (κ1) is 107. The smallest absolute Gasteiger partial charge is 0 e. The van der Waals surface area contributed by atoms with E-state index in [0.29, 0.717) is 0 Å². The highest BCUT2D eigenvalue weighted by atomic mass is 13.9. The predicted octanol–water partition coefficient (Wildman–Crippen LogP) is 8.86. The van der Waals surface area contributed by atoms with Crippen LogP contribution in [0.15, 0.2) is 0 Å². The highest BCUT2D eigenvalue weighted by molar-refractivity contribution is 5.54. The van der Waals surface area contributed by atoms with Crippen molar-refractivity contribution in [2.45, 2.75) is 110 Å². The van der Waals surface area contributed by atoms with Gasteiger partial charge in [0.1, 0.15) is 0 Å². The second kappa shape index (κ2) is 121. The number of hydrogen-bond donors (Lipinski definition) is 0. The molecule has 0 aromatic rings. The van der Waals surface area contributed by atoms with Gasteiger partial charge in [-0.1, -0.05) is 106 Å². The van der Waals surface area contributed by atoms with E-state index in [2.05, 4.69) is 588 Å². The van der Waals surface area contributed by atoms with Crippen molar-refractivity contribution in [3.05, 3.63) is 0 Å². The fourth-order valence-corrected chi connectivity index (χ4v) is 2.71. The maximum absolute atomic E-state index is 4.91. The van der Waals surface area contributed by atoms with E-state index in [-0.39, 0.29) is 0 Å². The van der Waals surface area contributed by atoms with Gasteiger partial charge in [0.2, 0.25) is 0 Å². The molecule has 0 saturated heterocycles. The van der Waals surface area contributed by atoms with Crippen LogP contribution < -0.4 is 0 Å². The van der Waals surface area contributed by atoms with Gasteiger partial charge in [-0.2, -0.15) is 0 Å². The molecule has 0 N–H and O–H groups in total. The summed E-state index contributed by atoms with van der Waals surface area (Å²) in [5, 5.41) is 0. The fraction of sp³-hybridized carbons (Fsp3) is 0.161. The molecule has 0 heteroatoms. The van der Waals surface area contributed by atoms with Gasteiger partial charge >= 0.3 is 0 Å². The van der Waals surface area contributed by atoms with Gasteiger partial charge in [-0.15, -0.1) is 25.7 Å². The minimum atomic E-state index is 0.833. The molecule has 0 aromatic heterocycles. The molecule has 0 nitrogen and oxygen atoms in total. The van der Waals surface area contributed by atoms with Crippen molar-refractivity contribution >= 4 is 0 Å². The van der Waals surface area contributed by atoms with Crippen LogP contribution in [0.3, 0.4) is 0 Å². The van der Waals surface area contributed by atoms with Gasteiger partial charge in [0.15, 0.2) is 0 Å². The van der Waals surface area contributed by atoms with Crippen molar-refractivity contribution in [2.24, 2.45) is 11.8 Å². The van der Waals surface area contributed by atoms with E-state index in [1.54, 1.807) is 27.7 Å². The quantitative estimate of drug-likeness (QED) is 0.231. The summed E-state index contributed by atoms with van der Waals surface area (Å²) in [6.45, 7) is 28.2. The highest BCUT2D eigenvalue weighted by Gasteiger charge is 1.80. The zero-order valence-corrected chi connectivity index (χ0v) is 63.9. The van der Waals surface area contributed by atoms with E-state index in [4.69, 9.17) is 25.7 Å². The van der Waals surface area contributed by atoms with Crippen LogP contribution in [-0.2, 0) is 0 Å². The molecule has 0 fully saturated rings. The van der Waals surface area contributed by atoms with Crippen molar-refractivity contribution in [1.29, 1.82) is 0 Å². The Morgan fingerprint density at radius 2 is 0.205 bits per heavy atom. The van der Waals surface area contributed by atoms with E-state index < -0.39 is 0 Å². The molecule has 0 unspecified atom stereocenters. The molecule has 0 radical (unpaired) electrons. The first-order valence-corrected chi connectivity index (χ1v) is 31.1. The lowest BCUT2D eigenvalue weighted by Gasteiger charge is -1.90. The Kier molecular flexibility index (Phi) is 115. The summed E-state index contributed by atoms with van der Waals surface area (Å²) >= 11 is 0. The van der Waals surface area contributed by atoms with Gasteiger partial charge < -0.3 is 0 Å². The molecule has 0 aliphatic heterocycles. The summed E-state index contributed by atoms with van der Waals surface area (Å²) in [6.07, 6.45) is 22.2. The lowest BCUT2D eigenvalue weighted by atomic mass is 10.2. The van der Waals surface area contributed by atoms with Crippen molar-refractivity contribution in [1.82, 2.24) is 0 Å². The van der Waals surface area contributed by atoms with Crippen molar-refractivity contribution in [3.63, 3.8) is 0 Å². The van der Waals surface area contributed by atoms with E-state index in [1.807, 2.05) is 13.8 Å². The second-order valence-electron chi connectivity index (χ2n) is 16.1. The molecule has 0 amide bonds. The third-order valence-corrected chi connectivity index (χ3v) is 6.48. The van der Waals surface area contributed by atoms with Crippen LogP contribution in [0.4, 0.5) is 0 Å². The third-order valence-electron chi connectivity index (χ3n) is 6.48. The second-order valence-corrected chi connectivity index (χ2v) is 16.1. The van der Waals surface area contributed by atoms with E-state index in [9.17, 15) is 0 Å². The average molecular weight is 1400 g/mol. The minimum Gasteiger partial charge on any atom is -0.106 e. The van der Waals surface area contributed by atoms with Gasteiger partial charge in [0, 0.05) is 130 Å². The van der Waals surface area contributed by atoms with Crippen molar-refractivity contribution in [2.75, 3.05) is 0 Å². The minimum absolute atomic E-state index is 0.833. The van der Waals surface area contributed by atoms with Crippen LogP contribution in [0, 0.1) is 570 Å². The summed E-state index contributed by atoms with van der Waals surface area (Å²) in [5.41, 5.74) is 0. The monoisotopic (exact) mass is 1400 g/mol. The summed E-state index contributed by atoms with van der Waals surface area (Å²) in [6, 6.07) is 0.